The normalized spacial score (nSPS) is 11.0. The topological polar surface area (TPSA) is 42.7 Å². The van der Waals surface area contributed by atoms with E-state index in [1.165, 1.54) is 5.56 Å². The minimum atomic E-state index is 0.622. The number of halogens is 1. The summed E-state index contributed by atoms with van der Waals surface area (Å²) in [5.74, 6) is 0.801. The Morgan fingerprint density at radius 1 is 0.903 bits per heavy atom. The van der Waals surface area contributed by atoms with Crippen LogP contribution in [0.5, 0.6) is 0 Å². The number of aromatic nitrogens is 3. The Morgan fingerprint density at radius 2 is 1.74 bits per heavy atom. The van der Waals surface area contributed by atoms with Crippen LogP contribution in [0.3, 0.4) is 0 Å². The number of hydrogen-bond donors (Lipinski definition) is 1. The molecule has 152 valence electrons. The highest BCUT2D eigenvalue weighted by Gasteiger charge is 2.17. The van der Waals surface area contributed by atoms with Gasteiger partial charge in [0.25, 0.3) is 0 Å². The van der Waals surface area contributed by atoms with Crippen LogP contribution in [0.1, 0.15) is 11.1 Å². The van der Waals surface area contributed by atoms with Crippen LogP contribution in [0.4, 0.5) is 5.82 Å². The number of nitrogens with one attached hydrogen (secondary N) is 1. The van der Waals surface area contributed by atoms with Crippen molar-refractivity contribution in [2.24, 2.45) is 0 Å². The van der Waals surface area contributed by atoms with Gasteiger partial charge in [0.1, 0.15) is 12.1 Å². The molecule has 0 saturated heterocycles. The number of hydrogen-bond acceptors (Lipinski definition) is 3. The molecule has 5 heteroatoms. The van der Waals surface area contributed by atoms with Crippen molar-refractivity contribution in [2.75, 3.05) is 5.32 Å². The second-order valence-electron chi connectivity index (χ2n) is 7.52. The molecule has 0 bridgehead atoms. The lowest BCUT2D eigenvalue weighted by atomic mass is 10.1. The van der Waals surface area contributed by atoms with Gasteiger partial charge in [-0.15, -0.1) is 0 Å². The van der Waals surface area contributed by atoms with E-state index in [0.717, 1.165) is 44.3 Å². The summed E-state index contributed by atoms with van der Waals surface area (Å²) in [5.41, 5.74) is 6.46. The summed E-state index contributed by atoms with van der Waals surface area (Å²) in [4.78, 5) is 9.24. The van der Waals surface area contributed by atoms with Gasteiger partial charge in [-0.3, -0.25) is 0 Å². The molecule has 31 heavy (non-hydrogen) atoms. The fraction of sp³-hybridized carbons (Fsp3) is 0.0769. The van der Waals surface area contributed by atoms with Crippen LogP contribution < -0.4 is 5.32 Å². The Hall–Kier alpha value is -3.63. The molecule has 2 aromatic heterocycles. The van der Waals surface area contributed by atoms with Crippen molar-refractivity contribution in [3.8, 4) is 16.8 Å². The highest BCUT2D eigenvalue weighted by atomic mass is 35.5. The Balaban J connectivity index is 1.66. The molecule has 0 amide bonds. The van der Waals surface area contributed by atoms with Crippen molar-refractivity contribution in [1.82, 2.24) is 14.5 Å². The summed E-state index contributed by atoms with van der Waals surface area (Å²) in [7, 11) is 0. The highest BCUT2D eigenvalue weighted by molar-refractivity contribution is 6.30. The van der Waals surface area contributed by atoms with E-state index < -0.39 is 0 Å². The van der Waals surface area contributed by atoms with Crippen LogP contribution in [0.15, 0.2) is 91.4 Å². The lowest BCUT2D eigenvalue weighted by Crippen LogP contribution is -2.03. The van der Waals surface area contributed by atoms with Crippen LogP contribution >= 0.6 is 11.6 Å². The third-order valence-electron chi connectivity index (χ3n) is 5.30. The Kier molecular flexibility index (Phi) is 5.14. The van der Waals surface area contributed by atoms with Gasteiger partial charge in [-0.2, -0.15) is 0 Å². The summed E-state index contributed by atoms with van der Waals surface area (Å²) in [6.07, 6.45) is 3.76. The maximum atomic E-state index is 6.15. The largest absolute Gasteiger partial charge is 0.365 e. The Labute approximate surface area is 186 Å². The van der Waals surface area contributed by atoms with E-state index in [1.807, 2.05) is 42.5 Å². The third-order valence-corrected chi connectivity index (χ3v) is 5.53. The average Bonchev–Trinajstić information content (AvgIpc) is 3.19. The fourth-order valence-electron chi connectivity index (χ4n) is 3.84. The number of benzene rings is 3. The second-order valence-corrected chi connectivity index (χ2v) is 7.96. The molecule has 0 fully saturated rings. The van der Waals surface area contributed by atoms with Gasteiger partial charge in [-0.05, 0) is 47.9 Å². The molecule has 5 aromatic rings. The first-order valence-corrected chi connectivity index (χ1v) is 10.5. The number of aryl methyl sites for hydroxylation is 1. The standard InChI is InChI=1S/C26H21ClN4/c1-18-7-5-12-22(13-18)31-16-23(20-9-3-2-4-10-20)24-25(29-17-30-26(24)31)28-15-19-8-6-11-21(27)14-19/h2-14,16-17H,15H2,1H3,(H,28,29,30). The average molecular weight is 425 g/mol. The van der Waals surface area contributed by atoms with Gasteiger partial charge in [0.05, 0.1) is 5.39 Å². The lowest BCUT2D eigenvalue weighted by Gasteiger charge is -2.09. The summed E-state index contributed by atoms with van der Waals surface area (Å²) in [5, 5.41) is 5.22. The zero-order chi connectivity index (χ0) is 21.2. The lowest BCUT2D eigenvalue weighted by molar-refractivity contribution is 1.06. The summed E-state index contributed by atoms with van der Waals surface area (Å²) in [6.45, 7) is 2.72. The quantitative estimate of drug-likeness (QED) is 0.343. The minimum absolute atomic E-state index is 0.622. The van der Waals surface area contributed by atoms with Gasteiger partial charge < -0.3 is 9.88 Å². The highest BCUT2D eigenvalue weighted by Crippen LogP contribution is 2.35. The molecule has 5 rings (SSSR count). The van der Waals surface area contributed by atoms with Crippen LogP contribution in [0, 0.1) is 6.92 Å². The van der Waals surface area contributed by atoms with E-state index in [1.54, 1.807) is 6.33 Å². The van der Waals surface area contributed by atoms with Crippen molar-refractivity contribution in [3.63, 3.8) is 0 Å². The zero-order valence-electron chi connectivity index (χ0n) is 17.1. The first-order chi connectivity index (χ1) is 15.2. The predicted molar refractivity (Wildman–Crippen MR) is 128 cm³/mol. The molecule has 0 aliphatic carbocycles. The predicted octanol–water partition coefficient (Wildman–Crippen LogP) is 6.66. The molecule has 0 aliphatic rings. The van der Waals surface area contributed by atoms with E-state index in [0.29, 0.717) is 6.54 Å². The number of fused-ring (bicyclic) bond motifs is 1. The molecule has 0 radical (unpaired) electrons. The van der Waals surface area contributed by atoms with Crippen molar-refractivity contribution < 1.29 is 0 Å². The van der Waals surface area contributed by atoms with Gasteiger partial charge in [0.2, 0.25) is 0 Å². The maximum absolute atomic E-state index is 6.15. The molecule has 0 unspecified atom stereocenters. The SMILES string of the molecule is Cc1cccc(-n2cc(-c3ccccc3)c3c(NCc4cccc(Cl)c4)ncnc32)c1. The minimum Gasteiger partial charge on any atom is -0.365 e. The second kappa shape index (κ2) is 8.25. The van der Waals surface area contributed by atoms with E-state index in [2.05, 4.69) is 69.4 Å². The molecule has 0 spiro atoms. The van der Waals surface area contributed by atoms with Gasteiger partial charge in [0, 0.05) is 29.0 Å². The van der Waals surface area contributed by atoms with Crippen LogP contribution in [-0.2, 0) is 6.54 Å². The van der Waals surface area contributed by atoms with Gasteiger partial charge in [-0.25, -0.2) is 9.97 Å². The smallest absolute Gasteiger partial charge is 0.150 e. The Morgan fingerprint density at radius 3 is 2.55 bits per heavy atom. The summed E-state index contributed by atoms with van der Waals surface area (Å²) < 4.78 is 2.14. The third kappa shape index (κ3) is 3.90. The van der Waals surface area contributed by atoms with Gasteiger partial charge in [0.15, 0.2) is 5.65 Å². The summed E-state index contributed by atoms with van der Waals surface area (Å²) >= 11 is 6.15. The number of nitrogens with zero attached hydrogens (tertiary/aromatic N) is 3. The molecule has 1 N–H and O–H groups in total. The van der Waals surface area contributed by atoms with E-state index in [4.69, 9.17) is 11.6 Å². The first-order valence-electron chi connectivity index (χ1n) is 10.2. The van der Waals surface area contributed by atoms with Crippen molar-refractivity contribution >= 4 is 28.5 Å². The summed E-state index contributed by atoms with van der Waals surface area (Å²) in [6, 6.07) is 26.6. The van der Waals surface area contributed by atoms with E-state index in [9.17, 15) is 0 Å². The molecule has 0 aliphatic heterocycles. The van der Waals surface area contributed by atoms with Crippen molar-refractivity contribution in [2.45, 2.75) is 13.5 Å². The molecule has 2 heterocycles. The van der Waals surface area contributed by atoms with Crippen molar-refractivity contribution in [3.05, 3.63) is 108 Å². The first kappa shape index (κ1) is 19.3. The van der Waals surface area contributed by atoms with Crippen LogP contribution in [0.25, 0.3) is 27.8 Å². The fourth-order valence-corrected chi connectivity index (χ4v) is 4.05. The van der Waals surface area contributed by atoms with Gasteiger partial charge in [-0.1, -0.05) is 66.2 Å². The number of rotatable bonds is 5. The molecule has 0 atom stereocenters. The molecule has 3 aromatic carbocycles. The maximum Gasteiger partial charge on any atom is 0.150 e. The Bertz CT molecular complexity index is 1360. The molecular formula is C26H21ClN4. The van der Waals surface area contributed by atoms with Crippen LogP contribution in [-0.4, -0.2) is 14.5 Å². The van der Waals surface area contributed by atoms with Crippen LogP contribution in [0.2, 0.25) is 5.02 Å². The van der Waals surface area contributed by atoms with E-state index in [-0.39, 0.29) is 0 Å². The zero-order valence-corrected chi connectivity index (χ0v) is 17.8. The van der Waals surface area contributed by atoms with Gasteiger partial charge >= 0.3 is 0 Å². The monoisotopic (exact) mass is 424 g/mol. The molecular weight excluding hydrogens is 404 g/mol. The van der Waals surface area contributed by atoms with Crippen molar-refractivity contribution in [1.29, 1.82) is 0 Å². The van der Waals surface area contributed by atoms with E-state index >= 15 is 0 Å². The molecule has 4 nitrogen and oxygen atoms in total. The molecule has 0 saturated carbocycles. The number of anilines is 1.